The molecule has 3 rings (SSSR count). The monoisotopic (exact) mass is 249 g/mol. The van der Waals surface area contributed by atoms with Crippen molar-refractivity contribution in [3.8, 4) is 0 Å². The quantitative estimate of drug-likeness (QED) is 0.842. The molecule has 1 heterocycles. The molecule has 2 fully saturated rings. The van der Waals surface area contributed by atoms with Gasteiger partial charge in [0.05, 0.1) is 6.54 Å². The lowest BCUT2D eigenvalue weighted by Crippen LogP contribution is -2.16. The number of rotatable bonds is 6. The van der Waals surface area contributed by atoms with Crippen LogP contribution in [0.25, 0.3) is 0 Å². The van der Waals surface area contributed by atoms with Crippen LogP contribution in [0.5, 0.6) is 0 Å². The summed E-state index contributed by atoms with van der Waals surface area (Å²) in [6, 6.07) is 0.703. The molecule has 0 amide bonds. The summed E-state index contributed by atoms with van der Waals surface area (Å²) in [6.45, 7) is 0.762. The van der Waals surface area contributed by atoms with Crippen molar-refractivity contribution in [2.45, 2.75) is 70.4 Å². The van der Waals surface area contributed by atoms with Gasteiger partial charge in [-0.05, 0) is 25.2 Å². The van der Waals surface area contributed by atoms with E-state index in [-0.39, 0.29) is 0 Å². The normalized spacial score (nSPS) is 21.3. The molecule has 4 nitrogen and oxygen atoms in total. The Labute approximate surface area is 109 Å². The van der Waals surface area contributed by atoms with Gasteiger partial charge in [-0.3, -0.25) is 0 Å². The molecule has 2 aliphatic rings. The van der Waals surface area contributed by atoms with E-state index in [1.165, 1.54) is 51.4 Å². The molecule has 1 aromatic heterocycles. The largest absolute Gasteiger partial charge is 0.339 e. The lowest BCUT2D eigenvalue weighted by atomic mass is 9.86. The van der Waals surface area contributed by atoms with E-state index in [0.717, 1.165) is 30.6 Å². The van der Waals surface area contributed by atoms with Crippen LogP contribution in [-0.2, 0) is 13.0 Å². The fourth-order valence-corrected chi connectivity index (χ4v) is 2.79. The highest BCUT2D eigenvalue weighted by Crippen LogP contribution is 2.27. The van der Waals surface area contributed by atoms with Crippen molar-refractivity contribution in [1.29, 1.82) is 0 Å². The van der Waals surface area contributed by atoms with Gasteiger partial charge in [0.15, 0.2) is 5.82 Å². The second-order valence-corrected chi connectivity index (χ2v) is 5.80. The molecule has 0 spiro atoms. The number of aromatic nitrogens is 2. The molecule has 2 aliphatic carbocycles. The Hall–Kier alpha value is -0.900. The Kier molecular flexibility index (Phi) is 3.93. The fraction of sp³-hybridized carbons (Fsp3) is 0.857. The zero-order valence-corrected chi connectivity index (χ0v) is 11.0. The van der Waals surface area contributed by atoms with Crippen molar-refractivity contribution in [3.63, 3.8) is 0 Å². The summed E-state index contributed by atoms with van der Waals surface area (Å²) in [7, 11) is 0. The van der Waals surface area contributed by atoms with E-state index in [4.69, 9.17) is 4.52 Å². The minimum absolute atomic E-state index is 0.703. The van der Waals surface area contributed by atoms with Gasteiger partial charge in [0, 0.05) is 12.5 Å². The number of nitrogens with one attached hydrogen (secondary N) is 1. The van der Waals surface area contributed by atoms with Crippen LogP contribution < -0.4 is 5.32 Å². The molecule has 100 valence electrons. The minimum Gasteiger partial charge on any atom is -0.339 e. The zero-order valence-electron chi connectivity index (χ0n) is 11.0. The molecule has 1 aromatic rings. The third kappa shape index (κ3) is 3.55. The molecule has 0 saturated heterocycles. The number of nitrogens with zero attached hydrogens (tertiary/aromatic N) is 2. The highest BCUT2D eigenvalue weighted by molar-refractivity contribution is 4.89. The molecule has 0 atom stereocenters. The van der Waals surface area contributed by atoms with Crippen molar-refractivity contribution in [2.24, 2.45) is 5.92 Å². The van der Waals surface area contributed by atoms with Crippen LogP contribution in [0, 0.1) is 5.92 Å². The van der Waals surface area contributed by atoms with Crippen LogP contribution >= 0.6 is 0 Å². The average Bonchev–Trinajstić information content (AvgIpc) is 3.14. The maximum Gasteiger partial charge on any atom is 0.226 e. The first-order valence-corrected chi connectivity index (χ1v) is 7.45. The lowest BCUT2D eigenvalue weighted by Gasteiger charge is -2.20. The van der Waals surface area contributed by atoms with Crippen molar-refractivity contribution >= 4 is 0 Å². The van der Waals surface area contributed by atoms with Gasteiger partial charge >= 0.3 is 0 Å². The van der Waals surface area contributed by atoms with Gasteiger partial charge in [0.25, 0.3) is 0 Å². The topological polar surface area (TPSA) is 51.0 Å². The molecule has 0 unspecified atom stereocenters. The molecular formula is C14H23N3O. The van der Waals surface area contributed by atoms with Gasteiger partial charge in [-0.15, -0.1) is 0 Å². The van der Waals surface area contributed by atoms with E-state index in [2.05, 4.69) is 15.5 Å². The molecule has 0 radical (unpaired) electrons. The summed E-state index contributed by atoms with van der Waals surface area (Å²) < 4.78 is 5.31. The lowest BCUT2D eigenvalue weighted by molar-refractivity contribution is 0.313. The third-order valence-corrected chi connectivity index (χ3v) is 4.13. The second-order valence-electron chi connectivity index (χ2n) is 5.80. The summed E-state index contributed by atoms with van der Waals surface area (Å²) in [6.07, 6.45) is 11.8. The van der Waals surface area contributed by atoms with Crippen molar-refractivity contribution in [3.05, 3.63) is 11.7 Å². The van der Waals surface area contributed by atoms with Crippen LogP contribution in [0.4, 0.5) is 0 Å². The Morgan fingerprint density at radius 2 is 1.94 bits per heavy atom. The first-order valence-electron chi connectivity index (χ1n) is 7.45. The van der Waals surface area contributed by atoms with Gasteiger partial charge in [-0.2, -0.15) is 4.98 Å². The molecule has 4 heteroatoms. The molecule has 0 aliphatic heterocycles. The molecule has 1 N–H and O–H groups in total. The predicted molar refractivity (Wildman–Crippen MR) is 69.1 cm³/mol. The first-order chi connectivity index (χ1) is 8.90. The molecule has 0 bridgehead atoms. The van der Waals surface area contributed by atoms with Crippen molar-refractivity contribution in [2.75, 3.05) is 0 Å². The Bertz CT molecular complexity index is 367. The van der Waals surface area contributed by atoms with E-state index in [1.807, 2.05) is 0 Å². The van der Waals surface area contributed by atoms with Crippen LogP contribution in [0.2, 0.25) is 0 Å². The Morgan fingerprint density at radius 1 is 1.11 bits per heavy atom. The first kappa shape index (κ1) is 12.2. The predicted octanol–water partition coefficient (Wildman–Crippen LogP) is 2.83. The number of hydrogen-bond donors (Lipinski definition) is 1. The second kappa shape index (κ2) is 5.83. The summed E-state index contributed by atoms with van der Waals surface area (Å²) >= 11 is 0. The van der Waals surface area contributed by atoms with E-state index in [1.54, 1.807) is 0 Å². The molecule has 0 aromatic carbocycles. The summed E-state index contributed by atoms with van der Waals surface area (Å²) in [5.74, 6) is 2.53. The maximum atomic E-state index is 5.31. The van der Waals surface area contributed by atoms with Crippen molar-refractivity contribution < 1.29 is 4.52 Å². The molecule has 2 saturated carbocycles. The van der Waals surface area contributed by atoms with Gasteiger partial charge in [-0.1, -0.05) is 37.3 Å². The minimum atomic E-state index is 0.703. The molecule has 18 heavy (non-hydrogen) atoms. The van der Waals surface area contributed by atoms with E-state index in [0.29, 0.717) is 6.04 Å². The Morgan fingerprint density at radius 3 is 2.72 bits per heavy atom. The SMILES string of the molecule is C1CCC(CCc2nc(CNC3CC3)no2)CC1. The van der Waals surface area contributed by atoms with Crippen molar-refractivity contribution in [1.82, 2.24) is 15.5 Å². The van der Waals surface area contributed by atoms with E-state index < -0.39 is 0 Å². The highest BCUT2D eigenvalue weighted by Gasteiger charge is 2.21. The highest BCUT2D eigenvalue weighted by atomic mass is 16.5. The van der Waals surface area contributed by atoms with Gasteiger partial charge < -0.3 is 9.84 Å². The van der Waals surface area contributed by atoms with Gasteiger partial charge in [-0.25, -0.2) is 0 Å². The smallest absolute Gasteiger partial charge is 0.226 e. The fourth-order valence-electron chi connectivity index (χ4n) is 2.79. The zero-order chi connectivity index (χ0) is 12.2. The van der Waals surface area contributed by atoms with Crippen LogP contribution in [-0.4, -0.2) is 16.2 Å². The van der Waals surface area contributed by atoms with Crippen LogP contribution in [0.15, 0.2) is 4.52 Å². The number of hydrogen-bond acceptors (Lipinski definition) is 4. The van der Waals surface area contributed by atoms with E-state index >= 15 is 0 Å². The molecular weight excluding hydrogens is 226 g/mol. The summed E-state index contributed by atoms with van der Waals surface area (Å²) in [4.78, 5) is 4.45. The van der Waals surface area contributed by atoms with Gasteiger partial charge in [0.1, 0.15) is 0 Å². The average molecular weight is 249 g/mol. The summed E-state index contributed by atoms with van der Waals surface area (Å²) in [5.41, 5.74) is 0. The number of aryl methyl sites for hydroxylation is 1. The third-order valence-electron chi connectivity index (χ3n) is 4.13. The standard InChI is InChI=1S/C14H23N3O/c1-2-4-11(5-3-1)6-9-14-16-13(17-18-14)10-15-12-7-8-12/h11-12,15H,1-10H2. The van der Waals surface area contributed by atoms with Crippen LogP contribution in [0.3, 0.4) is 0 Å². The van der Waals surface area contributed by atoms with Gasteiger partial charge in [0.2, 0.25) is 5.89 Å². The maximum absolute atomic E-state index is 5.31. The Balaban J connectivity index is 1.41. The van der Waals surface area contributed by atoms with Crippen LogP contribution in [0.1, 0.15) is 63.1 Å². The van der Waals surface area contributed by atoms with E-state index in [9.17, 15) is 0 Å². The summed E-state index contributed by atoms with van der Waals surface area (Å²) in [5, 5.41) is 7.44.